The first-order valence-corrected chi connectivity index (χ1v) is 11.7. The van der Waals surface area contributed by atoms with Gasteiger partial charge in [-0.1, -0.05) is 6.07 Å². The van der Waals surface area contributed by atoms with Crippen molar-refractivity contribution in [2.75, 3.05) is 33.4 Å². The van der Waals surface area contributed by atoms with Gasteiger partial charge < -0.3 is 14.9 Å². The lowest BCUT2D eigenvalue weighted by Gasteiger charge is -2.45. The number of rotatable bonds is 5. The minimum Gasteiger partial charge on any atom is -0.475 e. The maximum atomic E-state index is 10.6. The van der Waals surface area contributed by atoms with E-state index in [0.29, 0.717) is 11.6 Å². The first-order chi connectivity index (χ1) is 16.1. The average molecular weight is 537 g/mol. The van der Waals surface area contributed by atoms with Gasteiger partial charge in [-0.05, 0) is 51.1 Å². The zero-order chi connectivity index (χ0) is 26.9. The quantitative estimate of drug-likeness (QED) is 0.537. The van der Waals surface area contributed by atoms with Crippen LogP contribution in [0.2, 0.25) is 0 Å². The molecule has 0 saturated carbocycles. The molecule has 3 heterocycles. The van der Waals surface area contributed by atoms with E-state index >= 15 is 0 Å². The Bertz CT molecular complexity index is 756. The maximum Gasteiger partial charge on any atom is 0.490 e. The van der Waals surface area contributed by atoms with Crippen molar-refractivity contribution in [3.05, 3.63) is 22.4 Å². The van der Waals surface area contributed by atoms with Gasteiger partial charge in [0.2, 0.25) is 0 Å². The second-order valence-electron chi connectivity index (χ2n) is 8.15. The number of alkyl halides is 6. The minimum absolute atomic E-state index is 0.452. The number of carboxylic acid groups (broad SMARTS) is 2. The summed E-state index contributed by atoms with van der Waals surface area (Å²) in [5, 5.41) is 16.4. The van der Waals surface area contributed by atoms with E-state index in [1.54, 1.807) is 0 Å². The normalized spacial score (nSPS) is 20.5. The van der Waals surface area contributed by atoms with Crippen molar-refractivity contribution in [3.63, 3.8) is 0 Å². The molecular weight excluding hydrogens is 506 g/mol. The van der Waals surface area contributed by atoms with Crippen LogP contribution in [0.4, 0.5) is 26.3 Å². The molecule has 202 valence electrons. The topological polar surface area (TPSA) is 90.3 Å². The number of likely N-dealkylation sites (N-methyl/N-ethyl adjacent to an activating group) is 1. The fraction of sp³-hybridized carbons (Fsp3) is 0.714. The van der Waals surface area contributed by atoms with Crippen LogP contribution in [0.1, 0.15) is 37.5 Å². The molecule has 0 aliphatic carbocycles. The molecule has 1 spiro atoms. The summed E-state index contributed by atoms with van der Waals surface area (Å²) in [6, 6.07) is 5.05. The van der Waals surface area contributed by atoms with Crippen molar-refractivity contribution in [2.45, 2.75) is 63.1 Å². The number of ether oxygens (including phenoxy) is 1. The molecule has 0 radical (unpaired) electrons. The molecule has 2 aliphatic heterocycles. The molecular formula is C21H30F6N2O5S. The van der Waals surface area contributed by atoms with Crippen LogP contribution in [-0.2, 0) is 20.9 Å². The lowest BCUT2D eigenvalue weighted by atomic mass is 9.85. The molecule has 3 rings (SSSR count). The zero-order valence-electron chi connectivity index (χ0n) is 19.4. The fourth-order valence-corrected chi connectivity index (χ4v) is 4.74. The lowest BCUT2D eigenvalue weighted by Crippen LogP contribution is -2.52. The highest BCUT2D eigenvalue weighted by atomic mass is 32.1. The number of hydrogen-bond acceptors (Lipinski definition) is 6. The molecule has 2 fully saturated rings. The molecule has 0 bridgehead atoms. The number of carbonyl (C=O) groups is 2. The van der Waals surface area contributed by atoms with Gasteiger partial charge in [0.15, 0.2) is 0 Å². The average Bonchev–Trinajstić information content (AvgIpc) is 3.37. The van der Waals surface area contributed by atoms with Crippen LogP contribution in [0.3, 0.4) is 0 Å². The third kappa shape index (κ3) is 10.3. The van der Waals surface area contributed by atoms with Crippen LogP contribution in [0, 0.1) is 0 Å². The van der Waals surface area contributed by atoms with E-state index < -0.39 is 24.3 Å². The highest BCUT2D eigenvalue weighted by molar-refractivity contribution is 7.09. The highest BCUT2D eigenvalue weighted by Gasteiger charge is 2.45. The van der Waals surface area contributed by atoms with Gasteiger partial charge in [0, 0.05) is 42.7 Å². The minimum atomic E-state index is -5.08. The van der Waals surface area contributed by atoms with Gasteiger partial charge in [0.1, 0.15) is 0 Å². The van der Waals surface area contributed by atoms with E-state index in [-0.39, 0.29) is 0 Å². The number of carboxylic acids is 2. The third-order valence-electron chi connectivity index (χ3n) is 5.98. The molecule has 14 heteroatoms. The van der Waals surface area contributed by atoms with Crippen molar-refractivity contribution in [3.8, 4) is 0 Å². The van der Waals surface area contributed by atoms with Gasteiger partial charge in [0.05, 0.1) is 6.61 Å². The summed E-state index contributed by atoms with van der Waals surface area (Å²) in [6.45, 7) is 7.46. The Hall–Kier alpha value is -1.90. The predicted molar refractivity (Wildman–Crippen MR) is 116 cm³/mol. The van der Waals surface area contributed by atoms with Crippen molar-refractivity contribution < 1.29 is 50.9 Å². The number of halogens is 6. The monoisotopic (exact) mass is 536 g/mol. The molecule has 2 saturated heterocycles. The molecule has 2 N–H and O–H groups in total. The molecule has 0 amide bonds. The first kappa shape index (κ1) is 31.1. The van der Waals surface area contributed by atoms with E-state index in [2.05, 4.69) is 41.3 Å². The fourth-order valence-electron chi connectivity index (χ4n) is 3.99. The number of likely N-dealkylation sites (tertiary alicyclic amines) is 2. The molecule has 1 unspecified atom stereocenters. The zero-order valence-corrected chi connectivity index (χ0v) is 20.2. The largest absolute Gasteiger partial charge is 0.490 e. The van der Waals surface area contributed by atoms with Crippen LogP contribution in [0.15, 0.2) is 17.5 Å². The summed E-state index contributed by atoms with van der Waals surface area (Å²) in [5.74, 6) is -5.51. The highest BCUT2D eigenvalue weighted by Crippen LogP contribution is 2.40. The summed E-state index contributed by atoms with van der Waals surface area (Å²) in [4.78, 5) is 24.6. The summed E-state index contributed by atoms with van der Waals surface area (Å²) in [6.07, 6.45) is -4.87. The number of piperidine rings is 1. The number of nitrogens with zero attached hydrogens (tertiary/aromatic N) is 2. The van der Waals surface area contributed by atoms with Gasteiger partial charge in [-0.3, -0.25) is 9.80 Å². The number of hydrogen-bond donors (Lipinski definition) is 2. The predicted octanol–water partition coefficient (Wildman–Crippen LogP) is 4.48. The summed E-state index contributed by atoms with van der Waals surface area (Å²) >= 11 is 1.88. The van der Waals surface area contributed by atoms with Gasteiger partial charge in [-0.2, -0.15) is 26.3 Å². The first-order valence-electron chi connectivity index (χ1n) is 10.8. The van der Waals surface area contributed by atoms with Gasteiger partial charge in [-0.25, -0.2) is 9.59 Å². The van der Waals surface area contributed by atoms with E-state index in [4.69, 9.17) is 24.5 Å². The standard InChI is InChI=1S/C17H28N2OS.2C2HF3O2/c1-3-20-14-15-6-7-17(18(15)2)8-10-19(11-9-17)13-16-5-4-12-21-16;2*3-2(4,5)1(6)7/h4-5,12,15H,3,6-11,13-14H2,1-2H3;2*(H,6,7). The van der Waals surface area contributed by atoms with Crippen LogP contribution in [0.5, 0.6) is 0 Å². The maximum absolute atomic E-state index is 10.6. The van der Waals surface area contributed by atoms with Crippen molar-refractivity contribution in [1.82, 2.24) is 9.80 Å². The molecule has 35 heavy (non-hydrogen) atoms. The Morgan fingerprint density at radius 3 is 2.00 bits per heavy atom. The third-order valence-corrected chi connectivity index (χ3v) is 6.85. The van der Waals surface area contributed by atoms with Crippen LogP contribution in [0.25, 0.3) is 0 Å². The Morgan fingerprint density at radius 2 is 1.60 bits per heavy atom. The molecule has 0 aromatic carbocycles. The summed E-state index contributed by atoms with van der Waals surface area (Å²) in [5.41, 5.74) is 0.452. The Morgan fingerprint density at radius 1 is 1.09 bits per heavy atom. The van der Waals surface area contributed by atoms with E-state index in [1.165, 1.54) is 43.6 Å². The van der Waals surface area contributed by atoms with Crippen molar-refractivity contribution >= 4 is 23.3 Å². The van der Waals surface area contributed by atoms with Crippen LogP contribution < -0.4 is 0 Å². The van der Waals surface area contributed by atoms with Gasteiger partial charge >= 0.3 is 24.3 Å². The van der Waals surface area contributed by atoms with Crippen molar-refractivity contribution in [1.29, 1.82) is 0 Å². The molecule has 1 aromatic rings. The Kier molecular flexibility index (Phi) is 11.9. The van der Waals surface area contributed by atoms with Crippen molar-refractivity contribution in [2.24, 2.45) is 0 Å². The van der Waals surface area contributed by atoms with Gasteiger partial charge in [-0.15, -0.1) is 11.3 Å². The SMILES string of the molecule is CCOCC1CCC2(CCN(Cc3cccs3)CC2)N1C.O=C(O)C(F)(F)F.O=C(O)C(F)(F)F. The second kappa shape index (κ2) is 13.4. The number of thiophene rings is 1. The van der Waals surface area contributed by atoms with E-state index in [9.17, 15) is 26.3 Å². The van der Waals surface area contributed by atoms with Crippen LogP contribution >= 0.6 is 11.3 Å². The second-order valence-corrected chi connectivity index (χ2v) is 9.18. The Labute approximate surface area is 203 Å². The molecule has 1 atom stereocenters. The summed E-state index contributed by atoms with van der Waals surface area (Å²) < 4.78 is 69.1. The molecule has 1 aromatic heterocycles. The Balaban J connectivity index is 0.000000362. The lowest BCUT2D eigenvalue weighted by molar-refractivity contribution is -0.193. The van der Waals surface area contributed by atoms with E-state index in [0.717, 1.165) is 19.8 Å². The number of aliphatic carboxylic acids is 2. The molecule has 2 aliphatic rings. The van der Waals surface area contributed by atoms with E-state index in [1.807, 2.05) is 11.3 Å². The smallest absolute Gasteiger partial charge is 0.475 e. The summed E-state index contributed by atoms with van der Waals surface area (Å²) in [7, 11) is 2.33. The molecule has 7 nitrogen and oxygen atoms in total. The van der Waals surface area contributed by atoms with Gasteiger partial charge in [0.25, 0.3) is 0 Å². The van der Waals surface area contributed by atoms with Crippen LogP contribution in [-0.4, -0.2) is 89.2 Å².